The van der Waals surface area contributed by atoms with Crippen molar-refractivity contribution in [3.8, 4) is 17.2 Å². The first-order chi connectivity index (χ1) is 23.8. The minimum Gasteiger partial charge on any atom is -0.469 e. The SMILES string of the molecule is COC(=O)C(C)(C)CC#N.Cc1c(N2CCC(C)(C)C2=O)nc2cc(F)cc(F)c2c1Nc1cc(N2CCOCC2)ncc1-c1cncnc1. The molecule has 12 nitrogen and oxygen atoms in total. The highest BCUT2D eigenvalue weighted by Gasteiger charge is 2.41. The van der Waals surface area contributed by atoms with Gasteiger partial charge in [-0.05, 0) is 27.2 Å². The summed E-state index contributed by atoms with van der Waals surface area (Å²) in [6.07, 6.45) is 7.36. The third kappa shape index (κ3) is 7.47. The standard InChI is InChI=1S/C29H29F2N7O2.C7H11NO2/c1-17-26(25-21(31)10-19(30)11-23(25)36-27(17)38-5-4-29(2,3)28(38)39)35-22-12-24(37-6-8-40-9-7-37)34-15-20(22)18-13-32-16-33-14-18;1-7(2,4-5-8)6(9)10-3/h10-16H,4-9H2,1-3H3,(H,34,35,36);4H2,1-3H3. The van der Waals surface area contributed by atoms with E-state index in [2.05, 4.69) is 34.9 Å². The summed E-state index contributed by atoms with van der Waals surface area (Å²) < 4.78 is 39.8. The van der Waals surface area contributed by atoms with Crippen LogP contribution in [0.1, 0.15) is 46.1 Å². The summed E-state index contributed by atoms with van der Waals surface area (Å²) in [5.41, 5.74) is 1.91. The number of nitrogens with one attached hydrogen (secondary N) is 1. The van der Waals surface area contributed by atoms with Crippen LogP contribution in [0.4, 0.5) is 31.8 Å². The maximum atomic E-state index is 15.4. The van der Waals surface area contributed by atoms with Gasteiger partial charge in [-0.1, -0.05) is 13.8 Å². The normalized spacial score (nSPS) is 15.7. The maximum absolute atomic E-state index is 15.4. The van der Waals surface area contributed by atoms with Gasteiger partial charge in [-0.2, -0.15) is 5.26 Å². The Hall–Kier alpha value is -5.29. The van der Waals surface area contributed by atoms with Crippen molar-refractivity contribution >= 4 is 45.8 Å². The molecular formula is C36H40F2N8O4. The molecule has 3 aromatic heterocycles. The number of morpholine rings is 1. The second-order valence-corrected chi connectivity index (χ2v) is 13.5. The lowest BCUT2D eigenvalue weighted by Gasteiger charge is -2.29. The first-order valence-electron chi connectivity index (χ1n) is 16.2. The summed E-state index contributed by atoms with van der Waals surface area (Å²) in [6, 6.07) is 5.85. The number of pyridine rings is 2. The van der Waals surface area contributed by atoms with Crippen molar-refractivity contribution < 1.29 is 27.8 Å². The topological polar surface area (TPSA) is 146 Å². The van der Waals surface area contributed by atoms with Crippen molar-refractivity contribution in [2.45, 2.75) is 47.5 Å². The summed E-state index contributed by atoms with van der Waals surface area (Å²) in [4.78, 5) is 45.4. The number of anilines is 4. The molecule has 0 bridgehead atoms. The van der Waals surface area contributed by atoms with Crippen molar-refractivity contribution in [1.29, 1.82) is 5.26 Å². The Bertz CT molecular complexity index is 1940. The van der Waals surface area contributed by atoms with E-state index in [1.807, 2.05) is 26.0 Å². The minimum atomic E-state index is -0.750. The summed E-state index contributed by atoms with van der Waals surface area (Å²) >= 11 is 0. The van der Waals surface area contributed by atoms with E-state index < -0.39 is 22.5 Å². The largest absolute Gasteiger partial charge is 0.469 e. The average Bonchev–Trinajstić information content (AvgIpc) is 3.37. The lowest BCUT2D eigenvalue weighted by Crippen LogP contribution is -2.36. The zero-order valence-electron chi connectivity index (χ0n) is 29.0. The molecule has 4 aromatic rings. The number of carbonyl (C=O) groups is 2. The third-order valence-electron chi connectivity index (χ3n) is 8.88. The van der Waals surface area contributed by atoms with Crippen LogP contribution < -0.4 is 15.1 Å². The number of benzene rings is 1. The summed E-state index contributed by atoms with van der Waals surface area (Å²) in [5.74, 6) is -0.806. The Morgan fingerprint density at radius 2 is 1.82 bits per heavy atom. The predicted molar refractivity (Wildman–Crippen MR) is 185 cm³/mol. The van der Waals surface area contributed by atoms with Crippen molar-refractivity contribution in [2.75, 3.05) is 55.1 Å². The summed E-state index contributed by atoms with van der Waals surface area (Å²) in [7, 11) is 1.32. The molecule has 262 valence electrons. The van der Waals surface area contributed by atoms with Gasteiger partial charge < -0.3 is 19.7 Å². The van der Waals surface area contributed by atoms with E-state index in [0.717, 1.165) is 11.9 Å². The molecule has 0 atom stereocenters. The van der Waals surface area contributed by atoms with Crippen LogP contribution in [0.2, 0.25) is 0 Å². The molecule has 50 heavy (non-hydrogen) atoms. The maximum Gasteiger partial charge on any atom is 0.312 e. The molecule has 14 heteroatoms. The fraction of sp³-hybridized carbons (Fsp3) is 0.417. The monoisotopic (exact) mass is 686 g/mol. The van der Waals surface area contributed by atoms with Crippen LogP contribution in [-0.2, 0) is 19.1 Å². The quantitative estimate of drug-likeness (QED) is 0.225. The van der Waals surface area contributed by atoms with Gasteiger partial charge in [-0.15, -0.1) is 0 Å². The Morgan fingerprint density at radius 1 is 1.12 bits per heavy atom. The highest BCUT2D eigenvalue weighted by molar-refractivity contribution is 6.04. The Balaban J connectivity index is 0.000000425. The number of fused-ring (bicyclic) bond motifs is 1. The van der Waals surface area contributed by atoms with Crippen LogP contribution in [-0.4, -0.2) is 71.8 Å². The first kappa shape index (κ1) is 36.0. The van der Waals surface area contributed by atoms with E-state index in [4.69, 9.17) is 10.00 Å². The zero-order valence-corrected chi connectivity index (χ0v) is 29.0. The van der Waals surface area contributed by atoms with E-state index in [1.165, 1.54) is 19.5 Å². The molecule has 6 rings (SSSR count). The smallest absolute Gasteiger partial charge is 0.312 e. The molecule has 1 N–H and O–H groups in total. The van der Waals surface area contributed by atoms with Crippen molar-refractivity contribution in [3.05, 3.63) is 60.3 Å². The number of hydrogen-bond donors (Lipinski definition) is 1. The number of nitrogens with zero attached hydrogens (tertiary/aromatic N) is 7. The summed E-state index contributed by atoms with van der Waals surface area (Å²) in [5, 5.41) is 11.8. The number of carbonyl (C=O) groups excluding carboxylic acids is 2. The second kappa shape index (κ2) is 14.7. The first-order valence-corrected chi connectivity index (χ1v) is 16.2. The van der Waals surface area contributed by atoms with E-state index in [9.17, 15) is 14.0 Å². The molecule has 2 saturated heterocycles. The molecule has 1 aromatic carbocycles. The number of halogens is 2. The van der Waals surface area contributed by atoms with E-state index in [1.54, 1.807) is 44.3 Å². The second-order valence-electron chi connectivity index (χ2n) is 13.5. The molecule has 0 spiro atoms. The van der Waals surface area contributed by atoms with Gasteiger partial charge in [0.2, 0.25) is 5.91 Å². The molecule has 0 saturated carbocycles. The molecule has 0 radical (unpaired) electrons. The Kier molecular flexibility index (Phi) is 10.6. The van der Waals surface area contributed by atoms with Gasteiger partial charge in [0.15, 0.2) is 0 Å². The number of hydrogen-bond acceptors (Lipinski definition) is 11. The van der Waals surface area contributed by atoms with Crippen molar-refractivity contribution in [1.82, 2.24) is 19.9 Å². The number of esters is 1. The number of rotatable bonds is 7. The number of ether oxygens (including phenoxy) is 2. The number of methoxy groups -OCH3 is 1. The van der Waals surface area contributed by atoms with Crippen LogP contribution in [0.25, 0.3) is 22.0 Å². The third-order valence-corrected chi connectivity index (χ3v) is 8.88. The Morgan fingerprint density at radius 3 is 2.44 bits per heavy atom. The van der Waals surface area contributed by atoms with Gasteiger partial charge in [0.25, 0.3) is 0 Å². The van der Waals surface area contributed by atoms with Gasteiger partial charge in [0.1, 0.15) is 29.6 Å². The lowest BCUT2D eigenvalue weighted by atomic mass is 9.90. The van der Waals surface area contributed by atoms with E-state index in [-0.39, 0.29) is 29.2 Å². The molecule has 0 aliphatic carbocycles. The van der Waals surface area contributed by atoms with Gasteiger partial charge >= 0.3 is 5.97 Å². The molecule has 0 unspecified atom stereocenters. The minimum absolute atomic E-state index is 0.0779. The van der Waals surface area contributed by atoms with Crippen LogP contribution in [0, 0.1) is 40.7 Å². The molecule has 2 fully saturated rings. The molecule has 5 heterocycles. The highest BCUT2D eigenvalue weighted by Crippen LogP contribution is 2.42. The molecule has 1 amide bonds. The van der Waals surface area contributed by atoms with Crippen LogP contribution >= 0.6 is 0 Å². The average molecular weight is 687 g/mol. The fourth-order valence-corrected chi connectivity index (χ4v) is 5.84. The van der Waals surface area contributed by atoms with E-state index >= 15 is 4.39 Å². The fourth-order valence-electron chi connectivity index (χ4n) is 5.84. The predicted octanol–water partition coefficient (Wildman–Crippen LogP) is 6.12. The van der Waals surface area contributed by atoms with Gasteiger partial charge in [-0.3, -0.25) is 14.5 Å². The van der Waals surface area contributed by atoms with E-state index in [0.29, 0.717) is 73.2 Å². The van der Waals surface area contributed by atoms with Crippen molar-refractivity contribution in [2.24, 2.45) is 10.8 Å². The van der Waals surface area contributed by atoms with Gasteiger partial charge in [0.05, 0.1) is 60.5 Å². The Labute approximate surface area is 289 Å². The van der Waals surface area contributed by atoms with Gasteiger partial charge in [0, 0.05) is 78.5 Å². The van der Waals surface area contributed by atoms with Crippen LogP contribution in [0.5, 0.6) is 0 Å². The molecule has 2 aliphatic rings. The number of aromatic nitrogens is 4. The van der Waals surface area contributed by atoms with Crippen molar-refractivity contribution in [3.63, 3.8) is 0 Å². The van der Waals surface area contributed by atoms with Gasteiger partial charge in [-0.25, -0.2) is 28.7 Å². The van der Waals surface area contributed by atoms with Crippen LogP contribution in [0.15, 0.2) is 43.1 Å². The molecule has 2 aliphatic heterocycles. The zero-order chi connectivity index (χ0) is 36.2. The number of nitriles is 1. The lowest BCUT2D eigenvalue weighted by molar-refractivity contribution is -0.150. The number of amides is 1. The summed E-state index contributed by atoms with van der Waals surface area (Å²) in [6.45, 7) is 12.0. The highest BCUT2D eigenvalue weighted by atomic mass is 19.1. The van der Waals surface area contributed by atoms with Crippen LogP contribution in [0.3, 0.4) is 0 Å². The molecular weight excluding hydrogens is 646 g/mol.